The molecule has 0 saturated carbocycles. The van der Waals surface area contributed by atoms with Crippen molar-refractivity contribution in [2.75, 3.05) is 33.4 Å². The Morgan fingerprint density at radius 1 is 1.10 bits per heavy atom. The summed E-state index contributed by atoms with van der Waals surface area (Å²) in [7, 11) is 1.60. The van der Waals surface area contributed by atoms with Gasteiger partial charge in [-0.1, -0.05) is 5.21 Å². The Morgan fingerprint density at radius 2 is 1.74 bits per heavy atom. The van der Waals surface area contributed by atoms with Crippen LogP contribution in [0.5, 0.6) is 5.75 Å². The van der Waals surface area contributed by atoms with Crippen LogP contribution in [-0.2, 0) is 16.0 Å². The lowest BCUT2D eigenvalue weighted by Gasteiger charge is -2.30. The van der Waals surface area contributed by atoms with Crippen molar-refractivity contribution < 1.29 is 23.8 Å². The summed E-state index contributed by atoms with van der Waals surface area (Å²) >= 11 is 0. The largest absolute Gasteiger partial charge is 0.497 e. The van der Waals surface area contributed by atoms with E-state index in [0.29, 0.717) is 51.3 Å². The summed E-state index contributed by atoms with van der Waals surface area (Å²) in [5, 5.41) is 8.04. The summed E-state index contributed by atoms with van der Waals surface area (Å²) in [6.45, 7) is 6.22. The first-order valence-electron chi connectivity index (χ1n) is 10.7. The van der Waals surface area contributed by atoms with Gasteiger partial charge in [0.15, 0.2) is 17.8 Å². The number of ether oxygens (including phenoxy) is 3. The van der Waals surface area contributed by atoms with E-state index < -0.39 is 6.29 Å². The van der Waals surface area contributed by atoms with E-state index in [9.17, 15) is 9.59 Å². The number of nitrogens with zero attached hydrogens (tertiary/aromatic N) is 4. The highest BCUT2D eigenvalue weighted by atomic mass is 16.7. The van der Waals surface area contributed by atoms with E-state index >= 15 is 0 Å². The number of rotatable bonds is 10. The molecule has 1 aromatic heterocycles. The van der Waals surface area contributed by atoms with Crippen molar-refractivity contribution in [1.29, 1.82) is 0 Å². The van der Waals surface area contributed by atoms with Crippen molar-refractivity contribution in [2.24, 2.45) is 5.92 Å². The zero-order valence-corrected chi connectivity index (χ0v) is 18.3. The fraction of sp³-hybridized carbons (Fsp3) is 0.545. The standard InChI is InChI=1S/C22H30N4O5/c1-4-30-20(31-5-2)15-26-14-19(23-24-26)22(28)25-12-10-17(11-13-25)21(27)16-6-8-18(29-3)9-7-16/h6-9,14,17,20H,4-5,10-13,15H2,1-3H3. The van der Waals surface area contributed by atoms with Gasteiger partial charge in [-0.3, -0.25) is 9.59 Å². The molecule has 1 aliphatic rings. The molecule has 1 fully saturated rings. The molecule has 1 saturated heterocycles. The van der Waals surface area contributed by atoms with Gasteiger partial charge in [0.2, 0.25) is 0 Å². The molecule has 1 aliphatic heterocycles. The number of benzene rings is 1. The monoisotopic (exact) mass is 430 g/mol. The normalized spacial score (nSPS) is 14.8. The lowest BCUT2D eigenvalue weighted by atomic mass is 9.89. The van der Waals surface area contributed by atoms with E-state index in [1.165, 1.54) is 0 Å². The average Bonchev–Trinajstić information content (AvgIpc) is 3.27. The van der Waals surface area contributed by atoms with E-state index in [4.69, 9.17) is 14.2 Å². The Balaban J connectivity index is 1.54. The average molecular weight is 431 g/mol. The first-order chi connectivity index (χ1) is 15.0. The molecule has 1 amide bonds. The summed E-state index contributed by atoms with van der Waals surface area (Å²) < 4.78 is 17.7. The van der Waals surface area contributed by atoms with Crippen LogP contribution >= 0.6 is 0 Å². The number of ketones is 1. The Hall–Kier alpha value is -2.78. The van der Waals surface area contributed by atoms with Crippen LogP contribution in [0.2, 0.25) is 0 Å². The van der Waals surface area contributed by atoms with Gasteiger partial charge in [0.05, 0.1) is 19.9 Å². The maximum absolute atomic E-state index is 12.8. The molecule has 0 N–H and O–H groups in total. The van der Waals surface area contributed by atoms with Gasteiger partial charge in [-0.2, -0.15) is 0 Å². The summed E-state index contributed by atoms with van der Waals surface area (Å²) in [5.41, 5.74) is 0.957. The van der Waals surface area contributed by atoms with Crippen LogP contribution in [0.1, 0.15) is 47.5 Å². The lowest BCUT2D eigenvalue weighted by Crippen LogP contribution is -2.40. The molecule has 0 aliphatic carbocycles. The highest BCUT2D eigenvalue weighted by Gasteiger charge is 2.29. The molecule has 31 heavy (non-hydrogen) atoms. The topological polar surface area (TPSA) is 95.8 Å². The summed E-state index contributed by atoms with van der Waals surface area (Å²) in [6, 6.07) is 7.15. The van der Waals surface area contributed by atoms with E-state index in [0.717, 1.165) is 5.75 Å². The second kappa shape index (κ2) is 11.0. The van der Waals surface area contributed by atoms with E-state index in [2.05, 4.69) is 10.3 Å². The van der Waals surface area contributed by atoms with Gasteiger partial charge in [0, 0.05) is 37.8 Å². The minimum Gasteiger partial charge on any atom is -0.497 e. The summed E-state index contributed by atoms with van der Waals surface area (Å²) in [5.74, 6) is 0.565. The fourth-order valence-corrected chi connectivity index (χ4v) is 3.66. The molecule has 3 rings (SSSR count). The lowest BCUT2D eigenvalue weighted by molar-refractivity contribution is -0.145. The van der Waals surface area contributed by atoms with Crippen LogP contribution in [0.3, 0.4) is 0 Å². The number of hydrogen-bond donors (Lipinski definition) is 0. The van der Waals surface area contributed by atoms with Gasteiger partial charge in [-0.25, -0.2) is 4.68 Å². The van der Waals surface area contributed by atoms with Crippen LogP contribution in [0.4, 0.5) is 0 Å². The van der Waals surface area contributed by atoms with Crippen molar-refractivity contribution >= 4 is 11.7 Å². The number of methoxy groups -OCH3 is 1. The van der Waals surface area contributed by atoms with Crippen molar-refractivity contribution in [3.63, 3.8) is 0 Å². The number of amides is 1. The van der Waals surface area contributed by atoms with Gasteiger partial charge in [0.25, 0.3) is 5.91 Å². The first-order valence-corrected chi connectivity index (χ1v) is 10.7. The molecule has 0 atom stereocenters. The highest BCUT2D eigenvalue weighted by molar-refractivity contribution is 5.98. The fourth-order valence-electron chi connectivity index (χ4n) is 3.66. The Bertz CT molecular complexity index is 853. The van der Waals surface area contributed by atoms with Crippen molar-refractivity contribution in [1.82, 2.24) is 19.9 Å². The molecule has 2 heterocycles. The third-order valence-corrected chi connectivity index (χ3v) is 5.33. The molecule has 168 valence electrons. The maximum Gasteiger partial charge on any atom is 0.276 e. The van der Waals surface area contributed by atoms with Crippen LogP contribution in [-0.4, -0.2) is 71.3 Å². The van der Waals surface area contributed by atoms with Gasteiger partial charge >= 0.3 is 0 Å². The Morgan fingerprint density at radius 3 is 2.32 bits per heavy atom. The molecule has 1 aromatic carbocycles. The molecular weight excluding hydrogens is 400 g/mol. The quantitative estimate of drug-likeness (QED) is 0.422. The number of hydrogen-bond acceptors (Lipinski definition) is 7. The van der Waals surface area contributed by atoms with Gasteiger partial charge in [-0.05, 0) is 51.0 Å². The number of carbonyl (C=O) groups excluding carboxylic acids is 2. The van der Waals surface area contributed by atoms with Gasteiger partial charge in [-0.15, -0.1) is 5.10 Å². The third kappa shape index (κ3) is 5.89. The highest BCUT2D eigenvalue weighted by Crippen LogP contribution is 2.24. The number of likely N-dealkylation sites (tertiary alicyclic amines) is 1. The zero-order valence-electron chi connectivity index (χ0n) is 18.3. The molecule has 2 aromatic rings. The molecule has 0 spiro atoms. The smallest absolute Gasteiger partial charge is 0.276 e. The minimum atomic E-state index is -0.431. The predicted octanol–water partition coefficient (Wildman–Crippen LogP) is 2.42. The molecule has 0 radical (unpaired) electrons. The summed E-state index contributed by atoms with van der Waals surface area (Å²) in [6.07, 6.45) is 2.43. The van der Waals surface area contributed by atoms with E-state index in [1.807, 2.05) is 13.8 Å². The molecule has 0 unspecified atom stereocenters. The second-order valence-electron chi connectivity index (χ2n) is 7.33. The van der Waals surface area contributed by atoms with Crippen LogP contribution in [0.15, 0.2) is 30.5 Å². The summed E-state index contributed by atoms with van der Waals surface area (Å²) in [4.78, 5) is 27.3. The molecule has 9 heteroatoms. The second-order valence-corrected chi connectivity index (χ2v) is 7.33. The number of aromatic nitrogens is 3. The van der Waals surface area contributed by atoms with Gasteiger partial charge in [0.1, 0.15) is 5.75 Å². The maximum atomic E-state index is 12.8. The number of piperidine rings is 1. The number of carbonyl (C=O) groups is 2. The Labute approximate surface area is 182 Å². The molecule has 9 nitrogen and oxygen atoms in total. The zero-order chi connectivity index (χ0) is 22.2. The van der Waals surface area contributed by atoms with E-state index in [1.54, 1.807) is 47.2 Å². The first kappa shape index (κ1) is 22.9. The molecular formula is C22H30N4O5. The van der Waals surface area contributed by atoms with E-state index in [-0.39, 0.29) is 23.3 Å². The predicted molar refractivity (Wildman–Crippen MR) is 113 cm³/mol. The van der Waals surface area contributed by atoms with Crippen LogP contribution < -0.4 is 4.74 Å². The minimum absolute atomic E-state index is 0.0914. The molecule has 0 bridgehead atoms. The third-order valence-electron chi connectivity index (χ3n) is 5.33. The van der Waals surface area contributed by atoms with Crippen LogP contribution in [0.25, 0.3) is 0 Å². The van der Waals surface area contributed by atoms with Crippen molar-refractivity contribution in [2.45, 2.75) is 39.5 Å². The van der Waals surface area contributed by atoms with Crippen molar-refractivity contribution in [3.05, 3.63) is 41.7 Å². The SMILES string of the molecule is CCOC(Cn1cc(C(=O)N2CCC(C(=O)c3ccc(OC)cc3)CC2)nn1)OCC. The van der Waals surface area contributed by atoms with Gasteiger partial charge < -0.3 is 19.1 Å². The number of Topliss-reactive ketones (excluding diaryl/α,β-unsaturated/α-hetero) is 1. The van der Waals surface area contributed by atoms with Crippen molar-refractivity contribution in [3.8, 4) is 5.75 Å². The van der Waals surface area contributed by atoms with Crippen LogP contribution in [0, 0.1) is 5.92 Å². The Kier molecular flexibility index (Phi) is 8.13.